The lowest BCUT2D eigenvalue weighted by Crippen LogP contribution is -2.23. The van der Waals surface area contributed by atoms with Crippen molar-refractivity contribution in [3.63, 3.8) is 0 Å². The van der Waals surface area contributed by atoms with Crippen molar-refractivity contribution in [2.75, 3.05) is 29.9 Å². The maximum Gasteiger partial charge on any atom is 0.573 e. The Morgan fingerprint density at radius 3 is 2.57 bits per heavy atom. The molecule has 0 aliphatic carbocycles. The smallest absolute Gasteiger partial charge is 0.406 e. The van der Waals surface area contributed by atoms with Gasteiger partial charge in [-0.15, -0.1) is 13.2 Å². The molecule has 1 amide bonds. The fourth-order valence-electron chi connectivity index (χ4n) is 3.82. The first-order valence-corrected chi connectivity index (χ1v) is 10.8. The number of anilines is 2. The Bertz CT molecular complexity index is 1220. The van der Waals surface area contributed by atoms with Gasteiger partial charge in [0, 0.05) is 54.8 Å². The molecule has 0 radical (unpaired) electrons. The van der Waals surface area contributed by atoms with Crippen molar-refractivity contribution < 1.29 is 32.2 Å². The number of nitrogens with zero attached hydrogens (tertiary/aromatic N) is 3. The standard InChI is InChI=1S/C24H22F4N4O3/c1-14-21(25)9-16(10-29-14)20-8-17(11-30-22(20)32-7-6-15(12-32)13-33)23(34)31-18-2-4-19(5-3-18)35-24(26,27)28/h2-5,8-11,15,33H,6-7,12-13H2,1H3,(H,31,34). The van der Waals surface area contributed by atoms with Gasteiger partial charge in [-0.2, -0.15) is 0 Å². The molecule has 0 spiro atoms. The molecule has 2 aromatic heterocycles. The van der Waals surface area contributed by atoms with E-state index < -0.39 is 23.8 Å². The molecule has 1 aliphatic heterocycles. The number of halogens is 4. The van der Waals surface area contributed by atoms with Crippen LogP contribution in [0.15, 0.2) is 48.8 Å². The molecule has 3 aromatic rings. The van der Waals surface area contributed by atoms with Gasteiger partial charge < -0.3 is 20.1 Å². The van der Waals surface area contributed by atoms with Crippen LogP contribution in [0.2, 0.25) is 0 Å². The van der Waals surface area contributed by atoms with Crippen molar-refractivity contribution >= 4 is 17.4 Å². The van der Waals surface area contributed by atoms with E-state index in [1.165, 1.54) is 30.6 Å². The van der Waals surface area contributed by atoms with Crippen LogP contribution in [-0.4, -0.2) is 47.0 Å². The van der Waals surface area contributed by atoms with Crippen LogP contribution in [0.4, 0.5) is 29.1 Å². The van der Waals surface area contributed by atoms with Crippen LogP contribution in [0, 0.1) is 18.7 Å². The summed E-state index contributed by atoms with van der Waals surface area (Å²) >= 11 is 0. The molecule has 11 heteroatoms. The molecule has 2 N–H and O–H groups in total. The number of aliphatic hydroxyl groups excluding tert-OH is 1. The fraction of sp³-hybridized carbons (Fsp3) is 0.292. The summed E-state index contributed by atoms with van der Waals surface area (Å²) in [5.74, 6) is -0.838. The number of carbonyl (C=O) groups excluding carboxylic acids is 1. The van der Waals surface area contributed by atoms with Gasteiger partial charge in [-0.1, -0.05) is 0 Å². The monoisotopic (exact) mass is 490 g/mol. The first-order valence-electron chi connectivity index (χ1n) is 10.8. The lowest BCUT2D eigenvalue weighted by molar-refractivity contribution is -0.274. The Hall–Kier alpha value is -3.73. The number of hydrogen-bond donors (Lipinski definition) is 2. The zero-order valence-corrected chi connectivity index (χ0v) is 18.6. The second-order valence-corrected chi connectivity index (χ2v) is 8.20. The van der Waals surface area contributed by atoms with Crippen LogP contribution in [0.3, 0.4) is 0 Å². The molecule has 1 fully saturated rings. The SMILES string of the molecule is Cc1ncc(-c2cc(C(=O)Nc3ccc(OC(F)(F)F)cc3)cnc2N2CCC(CO)C2)cc1F. The zero-order valence-electron chi connectivity index (χ0n) is 18.6. The summed E-state index contributed by atoms with van der Waals surface area (Å²) in [4.78, 5) is 23.4. The molecule has 1 unspecified atom stereocenters. The second kappa shape index (κ2) is 9.87. The van der Waals surface area contributed by atoms with Crippen LogP contribution < -0.4 is 15.0 Å². The number of hydrogen-bond acceptors (Lipinski definition) is 6. The number of aryl methyl sites for hydroxylation is 1. The molecule has 7 nitrogen and oxygen atoms in total. The van der Waals surface area contributed by atoms with Crippen molar-refractivity contribution in [3.05, 3.63) is 65.9 Å². The first kappa shape index (κ1) is 24.4. The highest BCUT2D eigenvalue weighted by atomic mass is 19.4. The van der Waals surface area contributed by atoms with Gasteiger partial charge >= 0.3 is 6.36 Å². The molecule has 1 aliphatic rings. The van der Waals surface area contributed by atoms with Crippen LogP contribution in [0.1, 0.15) is 22.5 Å². The second-order valence-electron chi connectivity index (χ2n) is 8.20. The number of carbonyl (C=O) groups is 1. The van der Waals surface area contributed by atoms with Gasteiger partial charge in [0.05, 0.1) is 11.3 Å². The van der Waals surface area contributed by atoms with Gasteiger partial charge in [-0.05, 0) is 49.7 Å². The fourth-order valence-corrected chi connectivity index (χ4v) is 3.82. The number of nitrogens with one attached hydrogen (secondary N) is 1. The van der Waals surface area contributed by atoms with Gasteiger partial charge in [-0.25, -0.2) is 9.37 Å². The van der Waals surface area contributed by atoms with Crippen molar-refractivity contribution in [2.45, 2.75) is 19.7 Å². The number of amides is 1. The van der Waals surface area contributed by atoms with E-state index in [1.54, 1.807) is 13.0 Å². The zero-order chi connectivity index (χ0) is 25.2. The predicted molar refractivity (Wildman–Crippen MR) is 121 cm³/mol. The van der Waals surface area contributed by atoms with E-state index in [4.69, 9.17) is 0 Å². The quantitative estimate of drug-likeness (QED) is 0.493. The highest BCUT2D eigenvalue weighted by Gasteiger charge is 2.31. The number of alkyl halides is 3. The van der Waals surface area contributed by atoms with E-state index in [1.807, 2.05) is 4.90 Å². The van der Waals surface area contributed by atoms with Crippen molar-refractivity contribution in [1.29, 1.82) is 0 Å². The minimum absolute atomic E-state index is 0.0415. The molecule has 3 heterocycles. The number of ether oxygens (including phenoxy) is 1. The average Bonchev–Trinajstić information content (AvgIpc) is 3.30. The van der Waals surface area contributed by atoms with Crippen LogP contribution >= 0.6 is 0 Å². The molecule has 35 heavy (non-hydrogen) atoms. The minimum atomic E-state index is -4.81. The molecule has 4 rings (SSSR count). The number of benzene rings is 1. The summed E-state index contributed by atoms with van der Waals surface area (Å²) in [5, 5.41) is 12.1. The van der Waals surface area contributed by atoms with Gasteiger partial charge in [0.25, 0.3) is 5.91 Å². The molecule has 184 valence electrons. The summed E-state index contributed by atoms with van der Waals surface area (Å²) in [7, 11) is 0. The summed E-state index contributed by atoms with van der Waals surface area (Å²) < 4.78 is 55.1. The Labute approximate surface area is 198 Å². The normalized spacial score (nSPS) is 15.8. The number of aromatic nitrogens is 2. The Balaban J connectivity index is 1.61. The Morgan fingerprint density at radius 2 is 1.94 bits per heavy atom. The van der Waals surface area contributed by atoms with E-state index in [-0.39, 0.29) is 29.5 Å². The van der Waals surface area contributed by atoms with E-state index in [0.717, 1.165) is 18.6 Å². The summed E-state index contributed by atoms with van der Waals surface area (Å²) in [6.07, 6.45) is -1.17. The average molecular weight is 490 g/mol. The van der Waals surface area contributed by atoms with Crippen molar-refractivity contribution in [1.82, 2.24) is 9.97 Å². The van der Waals surface area contributed by atoms with Crippen molar-refractivity contribution in [2.24, 2.45) is 5.92 Å². The highest BCUT2D eigenvalue weighted by Crippen LogP contribution is 2.33. The Kier molecular flexibility index (Phi) is 6.88. The topological polar surface area (TPSA) is 87.6 Å². The third-order valence-corrected chi connectivity index (χ3v) is 5.65. The molecule has 1 saturated heterocycles. The Morgan fingerprint density at radius 1 is 1.20 bits per heavy atom. The van der Waals surface area contributed by atoms with Gasteiger partial charge in [0.2, 0.25) is 0 Å². The molecule has 1 atom stereocenters. The van der Waals surface area contributed by atoms with Crippen molar-refractivity contribution in [3.8, 4) is 16.9 Å². The lowest BCUT2D eigenvalue weighted by Gasteiger charge is -2.21. The predicted octanol–water partition coefficient (Wildman–Crippen LogP) is 4.56. The maximum atomic E-state index is 14.3. The van der Waals surface area contributed by atoms with Gasteiger partial charge in [0.15, 0.2) is 0 Å². The number of pyridine rings is 2. The number of aliphatic hydroxyl groups is 1. The first-order chi connectivity index (χ1) is 16.6. The summed E-state index contributed by atoms with van der Waals surface area (Å²) in [5.41, 5.74) is 1.58. The third kappa shape index (κ3) is 5.86. The van der Waals surface area contributed by atoms with E-state index in [9.17, 15) is 27.5 Å². The largest absolute Gasteiger partial charge is 0.573 e. The number of rotatable bonds is 6. The van der Waals surface area contributed by atoms with Crippen LogP contribution in [0.5, 0.6) is 5.75 Å². The lowest BCUT2D eigenvalue weighted by atomic mass is 10.0. The van der Waals surface area contributed by atoms with E-state index in [2.05, 4.69) is 20.0 Å². The third-order valence-electron chi connectivity index (χ3n) is 5.65. The molecule has 0 saturated carbocycles. The van der Waals surface area contributed by atoms with Gasteiger partial charge in [0.1, 0.15) is 17.4 Å². The van der Waals surface area contributed by atoms with Crippen LogP contribution in [-0.2, 0) is 0 Å². The molecular formula is C24H22F4N4O3. The van der Waals surface area contributed by atoms with E-state index in [0.29, 0.717) is 30.0 Å². The summed E-state index contributed by atoms with van der Waals surface area (Å²) in [6, 6.07) is 7.62. The highest BCUT2D eigenvalue weighted by molar-refractivity contribution is 6.05. The van der Waals surface area contributed by atoms with Gasteiger partial charge in [-0.3, -0.25) is 9.78 Å². The molecular weight excluding hydrogens is 468 g/mol. The molecule has 1 aromatic carbocycles. The summed E-state index contributed by atoms with van der Waals surface area (Å²) in [6.45, 7) is 2.79. The minimum Gasteiger partial charge on any atom is -0.406 e. The molecule has 0 bridgehead atoms. The van der Waals surface area contributed by atoms with Crippen LogP contribution in [0.25, 0.3) is 11.1 Å². The maximum absolute atomic E-state index is 14.3. The van der Waals surface area contributed by atoms with E-state index >= 15 is 0 Å².